The zero-order valence-electron chi connectivity index (χ0n) is 11.7. The van der Waals surface area contributed by atoms with E-state index in [0.29, 0.717) is 6.61 Å². The van der Waals surface area contributed by atoms with Gasteiger partial charge in [-0.15, -0.1) is 0 Å². The third-order valence-corrected chi connectivity index (χ3v) is 3.39. The minimum Gasteiger partial charge on any atom is -0.353 e. The maximum absolute atomic E-state index is 5.77. The van der Waals surface area contributed by atoms with E-state index in [9.17, 15) is 0 Å². The summed E-state index contributed by atoms with van der Waals surface area (Å²) in [6.45, 7) is 8.18. The minimum atomic E-state index is 0.000965. The van der Waals surface area contributed by atoms with E-state index in [1.807, 2.05) is 0 Å². The number of rotatable bonds is 3. The fourth-order valence-corrected chi connectivity index (χ4v) is 2.13. The summed E-state index contributed by atoms with van der Waals surface area (Å²) in [4.78, 5) is 0. The predicted molar refractivity (Wildman–Crippen MR) is 73.5 cm³/mol. The normalized spacial score (nSPS) is 20.9. The Balaban J connectivity index is 1.86. The zero-order valence-corrected chi connectivity index (χ0v) is 11.7. The first-order valence-electron chi connectivity index (χ1n) is 6.88. The van der Waals surface area contributed by atoms with Crippen molar-refractivity contribution in [3.05, 3.63) is 35.4 Å². The van der Waals surface area contributed by atoms with E-state index in [4.69, 9.17) is 9.47 Å². The molecule has 1 aromatic carbocycles. The molecule has 1 aliphatic heterocycles. The van der Waals surface area contributed by atoms with Crippen LogP contribution in [0.1, 0.15) is 51.2 Å². The van der Waals surface area contributed by atoms with Crippen LogP contribution < -0.4 is 0 Å². The molecule has 0 radical (unpaired) electrons. The van der Waals surface area contributed by atoms with E-state index in [1.165, 1.54) is 24.0 Å². The molecule has 0 spiro atoms. The second-order valence-corrected chi connectivity index (χ2v) is 6.05. The molecule has 1 heterocycles. The summed E-state index contributed by atoms with van der Waals surface area (Å²) in [7, 11) is 0. The fraction of sp³-hybridized carbons (Fsp3) is 0.625. The van der Waals surface area contributed by atoms with Gasteiger partial charge in [0.25, 0.3) is 0 Å². The molecule has 2 heteroatoms. The van der Waals surface area contributed by atoms with Gasteiger partial charge in [-0.1, -0.05) is 45.0 Å². The molecule has 1 aromatic rings. The van der Waals surface area contributed by atoms with Crippen molar-refractivity contribution in [3.63, 3.8) is 0 Å². The van der Waals surface area contributed by atoms with E-state index >= 15 is 0 Å². The summed E-state index contributed by atoms with van der Waals surface area (Å²) in [5.74, 6) is 0. The zero-order chi connectivity index (χ0) is 13.0. The molecule has 100 valence electrons. The van der Waals surface area contributed by atoms with Gasteiger partial charge in [-0.3, -0.25) is 0 Å². The lowest BCUT2D eigenvalue weighted by molar-refractivity contribution is -0.168. The smallest absolute Gasteiger partial charge is 0.158 e. The van der Waals surface area contributed by atoms with Crippen LogP contribution in [0.15, 0.2) is 24.3 Å². The van der Waals surface area contributed by atoms with Crippen molar-refractivity contribution in [1.29, 1.82) is 0 Å². The van der Waals surface area contributed by atoms with Gasteiger partial charge in [0.05, 0.1) is 6.61 Å². The highest BCUT2D eigenvalue weighted by Gasteiger charge is 2.15. The molecule has 2 rings (SSSR count). The fourth-order valence-electron chi connectivity index (χ4n) is 2.13. The van der Waals surface area contributed by atoms with Crippen LogP contribution in [-0.2, 0) is 21.5 Å². The quantitative estimate of drug-likeness (QED) is 0.804. The molecule has 0 aliphatic carbocycles. The average Bonchev–Trinajstić information content (AvgIpc) is 2.37. The van der Waals surface area contributed by atoms with Gasteiger partial charge in [-0.25, -0.2) is 0 Å². The van der Waals surface area contributed by atoms with E-state index in [0.717, 1.165) is 13.0 Å². The van der Waals surface area contributed by atoms with Crippen molar-refractivity contribution in [1.82, 2.24) is 0 Å². The Labute approximate surface area is 110 Å². The van der Waals surface area contributed by atoms with Gasteiger partial charge in [0, 0.05) is 6.61 Å². The molecule has 0 saturated carbocycles. The van der Waals surface area contributed by atoms with Gasteiger partial charge < -0.3 is 9.47 Å². The Morgan fingerprint density at radius 3 is 2.44 bits per heavy atom. The lowest BCUT2D eigenvalue weighted by Crippen LogP contribution is -2.22. The first kappa shape index (κ1) is 13.6. The molecule has 0 N–H and O–H groups in total. The third kappa shape index (κ3) is 3.82. The molecular weight excluding hydrogens is 224 g/mol. The van der Waals surface area contributed by atoms with Crippen molar-refractivity contribution in [2.24, 2.45) is 0 Å². The first-order valence-corrected chi connectivity index (χ1v) is 6.88. The van der Waals surface area contributed by atoms with E-state index < -0.39 is 0 Å². The molecule has 1 atom stereocenters. The summed E-state index contributed by atoms with van der Waals surface area (Å²) in [6.07, 6.45) is 3.41. The van der Waals surface area contributed by atoms with E-state index in [2.05, 4.69) is 45.0 Å². The SMILES string of the molecule is CC(C)(C)c1ccc(COC2CCCCO2)cc1. The Morgan fingerprint density at radius 1 is 1.17 bits per heavy atom. The molecule has 1 fully saturated rings. The Kier molecular flexibility index (Phi) is 4.41. The van der Waals surface area contributed by atoms with Crippen molar-refractivity contribution in [3.8, 4) is 0 Å². The molecule has 1 saturated heterocycles. The topological polar surface area (TPSA) is 18.5 Å². The van der Waals surface area contributed by atoms with Crippen LogP contribution in [0.25, 0.3) is 0 Å². The summed E-state index contributed by atoms with van der Waals surface area (Å²) < 4.78 is 11.3. The number of hydrogen-bond acceptors (Lipinski definition) is 2. The van der Waals surface area contributed by atoms with Gasteiger partial charge in [0.2, 0.25) is 0 Å². The van der Waals surface area contributed by atoms with Crippen LogP contribution in [0, 0.1) is 0 Å². The Hall–Kier alpha value is -0.860. The standard InChI is InChI=1S/C16H24O2/c1-16(2,3)14-9-7-13(8-10-14)12-18-15-6-4-5-11-17-15/h7-10,15H,4-6,11-12H2,1-3H3. The van der Waals surface area contributed by atoms with Gasteiger partial charge >= 0.3 is 0 Å². The highest BCUT2D eigenvalue weighted by molar-refractivity contribution is 5.27. The van der Waals surface area contributed by atoms with E-state index in [1.54, 1.807) is 0 Å². The molecular formula is C16H24O2. The van der Waals surface area contributed by atoms with Crippen LogP contribution in [-0.4, -0.2) is 12.9 Å². The maximum Gasteiger partial charge on any atom is 0.158 e. The summed E-state index contributed by atoms with van der Waals surface area (Å²) >= 11 is 0. The Bertz CT molecular complexity index is 356. The first-order chi connectivity index (χ1) is 8.55. The van der Waals surface area contributed by atoms with E-state index in [-0.39, 0.29) is 11.7 Å². The average molecular weight is 248 g/mol. The van der Waals surface area contributed by atoms with Gasteiger partial charge in [-0.2, -0.15) is 0 Å². The van der Waals surface area contributed by atoms with Crippen molar-refractivity contribution < 1.29 is 9.47 Å². The maximum atomic E-state index is 5.77. The Morgan fingerprint density at radius 2 is 1.89 bits per heavy atom. The number of benzene rings is 1. The number of ether oxygens (including phenoxy) is 2. The molecule has 1 aliphatic rings. The third-order valence-electron chi connectivity index (χ3n) is 3.39. The monoisotopic (exact) mass is 248 g/mol. The largest absolute Gasteiger partial charge is 0.353 e. The van der Waals surface area contributed by atoms with Crippen LogP contribution in [0.3, 0.4) is 0 Å². The van der Waals surface area contributed by atoms with Crippen molar-refractivity contribution >= 4 is 0 Å². The number of hydrogen-bond donors (Lipinski definition) is 0. The van der Waals surface area contributed by atoms with Crippen molar-refractivity contribution in [2.45, 2.75) is 58.3 Å². The van der Waals surface area contributed by atoms with Crippen LogP contribution in [0.5, 0.6) is 0 Å². The molecule has 0 amide bonds. The molecule has 0 bridgehead atoms. The highest BCUT2D eigenvalue weighted by atomic mass is 16.7. The molecule has 2 nitrogen and oxygen atoms in total. The van der Waals surface area contributed by atoms with Crippen molar-refractivity contribution in [2.75, 3.05) is 6.61 Å². The lowest BCUT2D eigenvalue weighted by atomic mass is 9.87. The van der Waals surface area contributed by atoms with Gasteiger partial charge in [0.1, 0.15) is 0 Å². The van der Waals surface area contributed by atoms with Crippen LogP contribution in [0.4, 0.5) is 0 Å². The molecule has 1 unspecified atom stereocenters. The van der Waals surface area contributed by atoms with Crippen LogP contribution in [0.2, 0.25) is 0 Å². The summed E-state index contributed by atoms with van der Waals surface area (Å²) in [6, 6.07) is 8.70. The highest BCUT2D eigenvalue weighted by Crippen LogP contribution is 2.23. The van der Waals surface area contributed by atoms with Crippen LogP contribution >= 0.6 is 0 Å². The van der Waals surface area contributed by atoms with Gasteiger partial charge in [0.15, 0.2) is 6.29 Å². The second kappa shape index (κ2) is 5.85. The second-order valence-electron chi connectivity index (χ2n) is 6.05. The molecule has 18 heavy (non-hydrogen) atoms. The predicted octanol–water partition coefficient (Wildman–Crippen LogP) is 4.03. The van der Waals surface area contributed by atoms with Gasteiger partial charge in [-0.05, 0) is 35.8 Å². The summed E-state index contributed by atoms with van der Waals surface area (Å²) in [5.41, 5.74) is 2.80. The minimum absolute atomic E-state index is 0.000965. The lowest BCUT2D eigenvalue weighted by Gasteiger charge is -2.23. The molecule has 0 aromatic heterocycles. The summed E-state index contributed by atoms with van der Waals surface area (Å²) in [5, 5.41) is 0.